The summed E-state index contributed by atoms with van der Waals surface area (Å²) in [6.45, 7) is 3.63. The Hall–Kier alpha value is -2.31. The van der Waals surface area contributed by atoms with Crippen molar-refractivity contribution in [3.05, 3.63) is 59.7 Å². The Bertz CT molecular complexity index is 625. The van der Waals surface area contributed by atoms with Gasteiger partial charge in [0, 0.05) is 11.1 Å². The number of aliphatic hydroxyl groups excluding tert-OH is 1. The number of allylic oxidation sites excluding steroid dienone is 1. The van der Waals surface area contributed by atoms with Gasteiger partial charge < -0.3 is 9.84 Å². The standard InChI is InChI=1S/C19H20O3/c1-3-4-18(20)13-17(15-11-12-15)10-7-14-5-8-16(9-6-14)19(21)22-2/h3,5-6,8-9,13,15,18,20H,1,4,11-12H2,2H3/b17-13+. The van der Waals surface area contributed by atoms with Gasteiger partial charge in [0.05, 0.1) is 18.8 Å². The highest BCUT2D eigenvalue weighted by Gasteiger charge is 2.25. The first kappa shape index (κ1) is 16.1. The molecule has 1 aromatic rings. The molecule has 0 heterocycles. The largest absolute Gasteiger partial charge is 0.465 e. The lowest BCUT2D eigenvalue weighted by Crippen LogP contribution is -2.02. The van der Waals surface area contributed by atoms with Crippen LogP contribution in [0.1, 0.15) is 35.2 Å². The van der Waals surface area contributed by atoms with Crippen LogP contribution in [-0.4, -0.2) is 24.3 Å². The van der Waals surface area contributed by atoms with E-state index >= 15 is 0 Å². The first-order valence-electron chi connectivity index (χ1n) is 7.35. The molecule has 0 bridgehead atoms. The maximum Gasteiger partial charge on any atom is 0.337 e. The molecule has 1 N–H and O–H groups in total. The molecule has 0 saturated heterocycles. The second kappa shape index (κ2) is 7.63. The van der Waals surface area contributed by atoms with Gasteiger partial charge in [0.2, 0.25) is 0 Å². The van der Waals surface area contributed by atoms with E-state index < -0.39 is 6.10 Å². The van der Waals surface area contributed by atoms with Crippen molar-refractivity contribution in [2.24, 2.45) is 5.92 Å². The lowest BCUT2D eigenvalue weighted by Gasteiger charge is -2.03. The first-order valence-corrected chi connectivity index (χ1v) is 7.35. The third kappa shape index (κ3) is 4.61. The Morgan fingerprint density at radius 3 is 2.68 bits per heavy atom. The highest BCUT2D eigenvalue weighted by molar-refractivity contribution is 5.89. The monoisotopic (exact) mass is 296 g/mol. The second-order valence-corrected chi connectivity index (χ2v) is 5.31. The number of hydrogen-bond donors (Lipinski definition) is 1. The van der Waals surface area contributed by atoms with Crippen LogP contribution in [0.15, 0.2) is 48.6 Å². The Labute approximate surface area is 131 Å². The normalized spacial score (nSPS) is 15.5. The summed E-state index contributed by atoms with van der Waals surface area (Å²) in [4.78, 5) is 11.4. The molecule has 0 aliphatic heterocycles. The summed E-state index contributed by atoms with van der Waals surface area (Å²) >= 11 is 0. The molecule has 0 spiro atoms. The third-order valence-corrected chi connectivity index (χ3v) is 3.45. The van der Waals surface area contributed by atoms with E-state index in [2.05, 4.69) is 23.2 Å². The number of methoxy groups -OCH3 is 1. The average Bonchev–Trinajstić information content (AvgIpc) is 3.36. The van der Waals surface area contributed by atoms with E-state index in [1.165, 1.54) is 7.11 Å². The fraction of sp³-hybridized carbons (Fsp3) is 0.316. The fourth-order valence-corrected chi connectivity index (χ4v) is 2.07. The molecule has 1 unspecified atom stereocenters. The summed E-state index contributed by atoms with van der Waals surface area (Å²) in [5.41, 5.74) is 2.33. The quantitative estimate of drug-likeness (QED) is 0.516. The summed E-state index contributed by atoms with van der Waals surface area (Å²) in [6, 6.07) is 6.99. The molecule has 2 rings (SSSR count). The van der Waals surface area contributed by atoms with Crippen molar-refractivity contribution < 1.29 is 14.6 Å². The van der Waals surface area contributed by atoms with Crippen molar-refractivity contribution in [2.75, 3.05) is 7.11 Å². The van der Waals surface area contributed by atoms with Crippen LogP contribution < -0.4 is 0 Å². The second-order valence-electron chi connectivity index (χ2n) is 5.31. The van der Waals surface area contributed by atoms with Crippen LogP contribution in [0.25, 0.3) is 0 Å². The number of ether oxygens (including phenoxy) is 1. The SMILES string of the molecule is C=CCC(O)/C=C(\C#Cc1ccc(C(=O)OC)cc1)C1CC1. The average molecular weight is 296 g/mol. The predicted octanol–water partition coefficient (Wildman–Crippen LogP) is 3.10. The highest BCUT2D eigenvalue weighted by Crippen LogP contribution is 2.36. The molecule has 1 aliphatic rings. The molecule has 1 saturated carbocycles. The summed E-state index contributed by atoms with van der Waals surface area (Å²) < 4.78 is 4.66. The topological polar surface area (TPSA) is 46.5 Å². The minimum absolute atomic E-state index is 0.356. The number of carbonyl (C=O) groups excluding carboxylic acids is 1. The minimum atomic E-state index is -0.524. The molecule has 1 aliphatic carbocycles. The number of hydrogen-bond acceptors (Lipinski definition) is 3. The van der Waals surface area contributed by atoms with Crippen LogP contribution in [-0.2, 0) is 4.74 Å². The van der Waals surface area contributed by atoms with Gasteiger partial charge in [-0.15, -0.1) is 6.58 Å². The predicted molar refractivity (Wildman–Crippen MR) is 86.3 cm³/mol. The molecule has 22 heavy (non-hydrogen) atoms. The molecular formula is C19H20O3. The summed E-state index contributed by atoms with van der Waals surface area (Å²) in [5, 5.41) is 9.85. The third-order valence-electron chi connectivity index (χ3n) is 3.45. The van der Waals surface area contributed by atoms with Gasteiger partial charge in [-0.25, -0.2) is 4.79 Å². The number of carbonyl (C=O) groups is 1. The Morgan fingerprint density at radius 2 is 2.14 bits per heavy atom. The van der Waals surface area contributed by atoms with Crippen molar-refractivity contribution in [1.82, 2.24) is 0 Å². The van der Waals surface area contributed by atoms with Crippen LogP contribution in [0.3, 0.4) is 0 Å². The van der Waals surface area contributed by atoms with Crippen molar-refractivity contribution >= 4 is 5.97 Å². The van der Waals surface area contributed by atoms with Crippen LogP contribution in [0.5, 0.6) is 0 Å². The summed E-state index contributed by atoms with van der Waals surface area (Å²) in [7, 11) is 1.36. The maximum atomic E-state index is 11.4. The molecule has 0 aromatic heterocycles. The van der Waals surface area contributed by atoms with E-state index in [9.17, 15) is 9.90 Å². The van der Waals surface area contributed by atoms with E-state index in [4.69, 9.17) is 0 Å². The van der Waals surface area contributed by atoms with Gasteiger partial charge in [-0.1, -0.05) is 17.9 Å². The molecule has 1 fully saturated rings. The Balaban J connectivity index is 2.12. The molecule has 1 aromatic carbocycles. The smallest absolute Gasteiger partial charge is 0.337 e. The van der Waals surface area contributed by atoms with E-state index in [-0.39, 0.29) is 5.97 Å². The molecular weight excluding hydrogens is 276 g/mol. The molecule has 114 valence electrons. The van der Waals surface area contributed by atoms with Crippen LogP contribution in [0, 0.1) is 17.8 Å². The number of aliphatic hydroxyl groups is 1. The van der Waals surface area contributed by atoms with Crippen molar-refractivity contribution in [2.45, 2.75) is 25.4 Å². The van der Waals surface area contributed by atoms with Gasteiger partial charge in [0.25, 0.3) is 0 Å². The summed E-state index contributed by atoms with van der Waals surface area (Å²) in [5.74, 6) is 6.36. The summed E-state index contributed by atoms with van der Waals surface area (Å²) in [6.07, 6.45) is 5.79. The minimum Gasteiger partial charge on any atom is -0.465 e. The Kier molecular flexibility index (Phi) is 5.57. The lowest BCUT2D eigenvalue weighted by atomic mass is 10.1. The van der Waals surface area contributed by atoms with Gasteiger partial charge in [0.1, 0.15) is 0 Å². The van der Waals surface area contributed by atoms with Crippen molar-refractivity contribution in [3.8, 4) is 11.8 Å². The van der Waals surface area contributed by atoms with Crippen LogP contribution in [0.2, 0.25) is 0 Å². The van der Waals surface area contributed by atoms with Crippen LogP contribution >= 0.6 is 0 Å². The zero-order valence-corrected chi connectivity index (χ0v) is 12.7. The molecule has 3 nitrogen and oxygen atoms in total. The van der Waals surface area contributed by atoms with Crippen molar-refractivity contribution in [1.29, 1.82) is 0 Å². The van der Waals surface area contributed by atoms with Crippen molar-refractivity contribution in [3.63, 3.8) is 0 Å². The number of rotatable bonds is 5. The zero-order chi connectivity index (χ0) is 15.9. The van der Waals surface area contributed by atoms with Gasteiger partial charge in [-0.05, 0) is 55.5 Å². The lowest BCUT2D eigenvalue weighted by molar-refractivity contribution is 0.0600. The van der Waals surface area contributed by atoms with Gasteiger partial charge >= 0.3 is 5.97 Å². The maximum absolute atomic E-state index is 11.4. The number of benzene rings is 1. The Morgan fingerprint density at radius 1 is 1.45 bits per heavy atom. The van der Waals surface area contributed by atoms with E-state index in [1.807, 2.05) is 6.08 Å². The number of esters is 1. The van der Waals surface area contributed by atoms with E-state index in [0.717, 1.165) is 24.0 Å². The molecule has 0 radical (unpaired) electrons. The van der Waals surface area contributed by atoms with Gasteiger partial charge in [-0.3, -0.25) is 0 Å². The zero-order valence-electron chi connectivity index (χ0n) is 12.7. The van der Waals surface area contributed by atoms with E-state index in [0.29, 0.717) is 17.9 Å². The molecule has 0 amide bonds. The van der Waals surface area contributed by atoms with Gasteiger partial charge in [0.15, 0.2) is 0 Å². The highest BCUT2D eigenvalue weighted by atomic mass is 16.5. The van der Waals surface area contributed by atoms with Gasteiger partial charge in [-0.2, -0.15) is 0 Å². The van der Waals surface area contributed by atoms with Crippen LogP contribution in [0.4, 0.5) is 0 Å². The fourth-order valence-electron chi connectivity index (χ4n) is 2.07. The molecule has 1 atom stereocenters. The first-order chi connectivity index (χ1) is 10.6. The van der Waals surface area contributed by atoms with E-state index in [1.54, 1.807) is 30.3 Å². The molecule has 3 heteroatoms.